The molecule has 0 saturated carbocycles. The zero-order chi connectivity index (χ0) is 13.9. The van der Waals surface area contributed by atoms with E-state index in [0.29, 0.717) is 32.9 Å². The Hall–Kier alpha value is -0.0100. The molecule has 0 bridgehead atoms. The van der Waals surface area contributed by atoms with Crippen molar-refractivity contribution in [1.29, 1.82) is 0 Å². The molecule has 18 heavy (non-hydrogen) atoms. The lowest BCUT2D eigenvalue weighted by Gasteiger charge is -2.23. The van der Waals surface area contributed by atoms with E-state index in [1.165, 1.54) is 7.11 Å². The summed E-state index contributed by atoms with van der Waals surface area (Å²) in [6.45, 7) is 2.48. The van der Waals surface area contributed by atoms with E-state index in [0.717, 1.165) is 0 Å². The van der Waals surface area contributed by atoms with E-state index in [4.69, 9.17) is 18.7 Å². The fourth-order valence-electron chi connectivity index (χ4n) is 1.25. The molecule has 0 radical (unpaired) electrons. The van der Waals surface area contributed by atoms with Crippen molar-refractivity contribution in [3.63, 3.8) is 0 Å². The third-order valence-electron chi connectivity index (χ3n) is 2.18. The molecule has 0 spiro atoms. The molecule has 110 valence electrons. The van der Waals surface area contributed by atoms with Gasteiger partial charge < -0.3 is 23.6 Å². The molecule has 0 aromatic heterocycles. The van der Waals surface area contributed by atoms with Gasteiger partial charge in [0.05, 0.1) is 26.4 Å². The highest BCUT2D eigenvalue weighted by molar-refractivity contribution is 7.52. The molecule has 8 heteroatoms. The number of hydrogen-bond acceptors (Lipinski definition) is 6. The van der Waals surface area contributed by atoms with Crippen LogP contribution in [0.3, 0.4) is 0 Å². The van der Waals surface area contributed by atoms with Crippen molar-refractivity contribution in [3.05, 3.63) is 0 Å². The molecule has 0 aromatic rings. The van der Waals surface area contributed by atoms with Crippen LogP contribution in [0.5, 0.6) is 0 Å². The Morgan fingerprint density at radius 2 is 1.44 bits per heavy atom. The zero-order valence-corrected chi connectivity index (χ0v) is 12.2. The highest BCUT2D eigenvalue weighted by Gasteiger charge is 2.23. The lowest BCUT2D eigenvalue weighted by molar-refractivity contribution is 0.111. The highest BCUT2D eigenvalue weighted by Crippen LogP contribution is 2.42. The maximum atomic E-state index is 11.8. The largest absolute Gasteiger partial charge is 0.383 e. The van der Waals surface area contributed by atoms with Crippen molar-refractivity contribution >= 4 is 7.60 Å². The van der Waals surface area contributed by atoms with Crippen LogP contribution < -0.4 is 0 Å². The third kappa shape index (κ3) is 9.96. The lowest BCUT2D eigenvalue weighted by Crippen LogP contribution is -2.32. The zero-order valence-electron chi connectivity index (χ0n) is 11.3. The fraction of sp³-hybridized carbons (Fsp3) is 1.00. The molecular weight excluding hydrogens is 261 g/mol. The Balaban J connectivity index is 4.12. The summed E-state index contributed by atoms with van der Waals surface area (Å²) in [5.41, 5.74) is 0. The summed E-state index contributed by atoms with van der Waals surface area (Å²) in [4.78, 5) is 11.4. The van der Waals surface area contributed by atoms with E-state index in [2.05, 4.69) is 0 Å². The maximum absolute atomic E-state index is 11.8. The molecule has 0 heterocycles. The maximum Gasteiger partial charge on any atom is 0.342 e. The molecule has 0 fully saturated rings. The highest BCUT2D eigenvalue weighted by atomic mass is 31.2. The van der Waals surface area contributed by atoms with Crippen LogP contribution >= 0.6 is 7.60 Å². The SMILES string of the molecule is COCCOP(=O)(O)CN(CCOC)CCOC. The van der Waals surface area contributed by atoms with E-state index in [9.17, 15) is 9.46 Å². The average molecular weight is 285 g/mol. The standard InChI is InChI=1S/C10H24NO6P/c1-14-6-4-11(5-7-15-2)10-18(12,13)17-9-8-16-3/h4-10H2,1-3H3,(H,12,13). The Labute approximate surface area is 108 Å². The third-order valence-corrected chi connectivity index (χ3v) is 3.53. The van der Waals surface area contributed by atoms with E-state index in [1.54, 1.807) is 19.1 Å². The number of methoxy groups -OCH3 is 3. The minimum absolute atomic E-state index is 0.0383. The van der Waals surface area contributed by atoms with Gasteiger partial charge in [-0.3, -0.25) is 9.46 Å². The second kappa shape index (κ2) is 10.9. The minimum atomic E-state index is -3.62. The first-order chi connectivity index (χ1) is 8.55. The predicted molar refractivity (Wildman–Crippen MR) is 67.8 cm³/mol. The number of nitrogens with zero attached hydrogens (tertiary/aromatic N) is 1. The molecule has 0 rings (SSSR count). The van der Waals surface area contributed by atoms with Crippen molar-refractivity contribution in [1.82, 2.24) is 4.90 Å². The Bertz CT molecular complexity index is 232. The first-order valence-corrected chi connectivity index (χ1v) is 7.47. The molecule has 1 atom stereocenters. The van der Waals surface area contributed by atoms with E-state index in [1.807, 2.05) is 0 Å². The van der Waals surface area contributed by atoms with Gasteiger partial charge in [0.2, 0.25) is 0 Å². The van der Waals surface area contributed by atoms with Crippen LogP contribution in [0.4, 0.5) is 0 Å². The van der Waals surface area contributed by atoms with Gasteiger partial charge in [-0.25, -0.2) is 0 Å². The number of hydrogen-bond donors (Lipinski definition) is 1. The van der Waals surface area contributed by atoms with Crippen molar-refractivity contribution in [2.24, 2.45) is 0 Å². The summed E-state index contributed by atoms with van der Waals surface area (Å²) in [7, 11) is 1.06. The summed E-state index contributed by atoms with van der Waals surface area (Å²) in [5, 5.41) is 0. The second-order valence-electron chi connectivity index (χ2n) is 3.71. The summed E-state index contributed by atoms with van der Waals surface area (Å²) in [6.07, 6.45) is -0.0383. The molecule has 0 aromatic carbocycles. The number of ether oxygens (including phenoxy) is 3. The Morgan fingerprint density at radius 3 is 1.89 bits per heavy atom. The van der Waals surface area contributed by atoms with Gasteiger partial charge >= 0.3 is 7.60 Å². The summed E-state index contributed by atoms with van der Waals surface area (Å²) < 4.78 is 31.4. The first-order valence-electron chi connectivity index (χ1n) is 5.71. The van der Waals surface area contributed by atoms with E-state index < -0.39 is 7.60 Å². The van der Waals surface area contributed by atoms with Gasteiger partial charge in [-0.05, 0) is 0 Å². The Kier molecular flexibility index (Phi) is 10.9. The summed E-state index contributed by atoms with van der Waals surface area (Å²) in [6, 6.07) is 0. The molecule has 0 aliphatic carbocycles. The van der Waals surface area contributed by atoms with Crippen molar-refractivity contribution in [2.75, 3.05) is 67.1 Å². The van der Waals surface area contributed by atoms with Gasteiger partial charge in [0.25, 0.3) is 0 Å². The van der Waals surface area contributed by atoms with Crippen molar-refractivity contribution in [3.8, 4) is 0 Å². The molecule has 0 saturated heterocycles. The fourth-order valence-corrected chi connectivity index (χ4v) is 2.48. The first kappa shape index (κ1) is 18.0. The Morgan fingerprint density at radius 1 is 0.944 bits per heavy atom. The van der Waals surface area contributed by atoms with Gasteiger partial charge in [-0.1, -0.05) is 0 Å². The lowest BCUT2D eigenvalue weighted by atomic mass is 10.5. The van der Waals surface area contributed by atoms with Gasteiger partial charge in [0.1, 0.15) is 6.29 Å². The van der Waals surface area contributed by atoms with Crippen LogP contribution in [0.2, 0.25) is 0 Å². The molecule has 1 unspecified atom stereocenters. The monoisotopic (exact) mass is 285 g/mol. The summed E-state index contributed by atoms with van der Waals surface area (Å²) in [5.74, 6) is 0. The van der Waals surface area contributed by atoms with Crippen LogP contribution in [0.1, 0.15) is 0 Å². The topological polar surface area (TPSA) is 77.5 Å². The second-order valence-corrected chi connectivity index (χ2v) is 5.52. The van der Waals surface area contributed by atoms with Crippen LogP contribution in [0.15, 0.2) is 0 Å². The minimum Gasteiger partial charge on any atom is -0.383 e. The van der Waals surface area contributed by atoms with E-state index in [-0.39, 0.29) is 12.9 Å². The van der Waals surface area contributed by atoms with Crippen molar-refractivity contribution in [2.45, 2.75) is 0 Å². The molecule has 7 nitrogen and oxygen atoms in total. The van der Waals surface area contributed by atoms with Crippen LogP contribution in [-0.4, -0.2) is 76.9 Å². The van der Waals surface area contributed by atoms with Gasteiger partial charge in [0, 0.05) is 34.4 Å². The average Bonchev–Trinajstić information content (AvgIpc) is 2.32. The van der Waals surface area contributed by atoms with E-state index >= 15 is 0 Å². The molecule has 1 N–H and O–H groups in total. The smallest absolute Gasteiger partial charge is 0.342 e. The van der Waals surface area contributed by atoms with Crippen LogP contribution in [0, 0.1) is 0 Å². The van der Waals surface area contributed by atoms with Gasteiger partial charge in [-0.15, -0.1) is 0 Å². The summed E-state index contributed by atoms with van der Waals surface area (Å²) >= 11 is 0. The van der Waals surface area contributed by atoms with Gasteiger partial charge in [-0.2, -0.15) is 0 Å². The molecular formula is C10H24NO6P. The van der Waals surface area contributed by atoms with Crippen LogP contribution in [-0.2, 0) is 23.3 Å². The normalized spacial score (nSPS) is 14.9. The number of rotatable bonds is 12. The molecule has 0 amide bonds. The molecule has 0 aliphatic rings. The van der Waals surface area contributed by atoms with Gasteiger partial charge in [0.15, 0.2) is 0 Å². The van der Waals surface area contributed by atoms with Crippen LogP contribution in [0.25, 0.3) is 0 Å². The quantitative estimate of drug-likeness (QED) is 0.410. The molecule has 0 aliphatic heterocycles. The van der Waals surface area contributed by atoms with Crippen molar-refractivity contribution < 1.29 is 28.2 Å². The predicted octanol–water partition coefficient (Wildman–Crippen LogP) is 0.387.